The summed E-state index contributed by atoms with van der Waals surface area (Å²) < 4.78 is 40.3. The maximum absolute atomic E-state index is 15.1. The summed E-state index contributed by atoms with van der Waals surface area (Å²) in [6.45, 7) is 15.0. The molecule has 5 atom stereocenters. The van der Waals surface area contributed by atoms with Crippen molar-refractivity contribution in [2.45, 2.75) is 96.2 Å². The van der Waals surface area contributed by atoms with Crippen molar-refractivity contribution in [1.29, 1.82) is 0 Å². The van der Waals surface area contributed by atoms with Gasteiger partial charge in [-0.15, -0.1) is 6.58 Å². The minimum atomic E-state index is -4.02. The summed E-state index contributed by atoms with van der Waals surface area (Å²) in [5.74, 6) is -1.43. The number of urea groups is 1. The van der Waals surface area contributed by atoms with Gasteiger partial charge >= 0.3 is 6.03 Å². The van der Waals surface area contributed by atoms with E-state index in [1.807, 2.05) is 47.6 Å². The van der Waals surface area contributed by atoms with Crippen LogP contribution in [0.2, 0.25) is 5.02 Å². The molecule has 1 aliphatic heterocycles. The molecule has 2 aromatic heterocycles. The molecule has 13 nitrogen and oxygen atoms in total. The van der Waals surface area contributed by atoms with Crippen LogP contribution in [-0.4, -0.2) is 88.7 Å². The van der Waals surface area contributed by atoms with Crippen molar-refractivity contribution in [3.63, 3.8) is 0 Å². The van der Waals surface area contributed by atoms with Crippen LogP contribution in [0.1, 0.15) is 64.8 Å². The molecular formula is C38H47ClN6O7S. The minimum absolute atomic E-state index is 0.0228. The van der Waals surface area contributed by atoms with Gasteiger partial charge < -0.3 is 19.7 Å². The van der Waals surface area contributed by atoms with Gasteiger partial charge in [0.05, 0.1) is 25.1 Å². The molecule has 3 aliphatic rings. The number of ether oxygens (including phenoxy) is 2. The van der Waals surface area contributed by atoms with Crippen LogP contribution in [-0.2, 0) is 19.6 Å². The number of nitrogens with one attached hydrogen (secondary N) is 2. The lowest BCUT2D eigenvalue weighted by atomic mass is 9.85. The molecule has 0 radical (unpaired) electrons. The van der Waals surface area contributed by atoms with Gasteiger partial charge in [-0.25, -0.2) is 23.1 Å². The van der Waals surface area contributed by atoms with E-state index >= 15 is 9.59 Å². The van der Waals surface area contributed by atoms with Gasteiger partial charge in [-0.1, -0.05) is 38.4 Å². The average molecular weight is 767 g/mol. The van der Waals surface area contributed by atoms with E-state index in [1.165, 1.54) is 11.0 Å². The van der Waals surface area contributed by atoms with Crippen LogP contribution in [0.3, 0.4) is 0 Å². The van der Waals surface area contributed by atoms with Gasteiger partial charge in [-0.2, -0.15) is 0 Å². The van der Waals surface area contributed by atoms with Crippen LogP contribution in [0.5, 0.6) is 11.6 Å². The molecule has 6 rings (SSSR count). The average Bonchev–Trinajstić information content (AvgIpc) is 4.00. The quantitative estimate of drug-likeness (QED) is 0.229. The number of benzene rings is 1. The van der Waals surface area contributed by atoms with E-state index < -0.39 is 68.2 Å². The number of fused-ring (bicyclic) bond motifs is 1. The standard InChI is InChI=1S/C38H47ClN6O7S/c1-9-24-18-38(24,35(47)43-53(49,50)28-11-12-28)45(34(46)32(37(5,6)7)42-26-14-21(2)41-22(3)15-26)36(48)44-20-27(16-23(44)4)52-33-30-17-25(39)10-13-29(30)31(51-8)19-40-33/h9-10,13-15,17,19,23-24,27-28,32H,1,11-12,16,18,20H2,2-8H3,(H,41,42)(H,43,47)/t23?,24-,27-,32+,38-/m1/s1. The van der Waals surface area contributed by atoms with Crippen molar-refractivity contribution in [3.8, 4) is 11.6 Å². The minimum Gasteiger partial charge on any atom is -0.494 e. The Hall–Kier alpha value is -4.43. The third-order valence-corrected chi connectivity index (χ3v) is 12.3. The molecular weight excluding hydrogens is 720 g/mol. The number of halogens is 1. The molecule has 2 N–H and O–H groups in total. The number of nitrogens with zero attached hydrogens (tertiary/aromatic N) is 4. The molecule has 53 heavy (non-hydrogen) atoms. The number of aryl methyl sites for hydroxylation is 2. The highest BCUT2D eigenvalue weighted by Crippen LogP contribution is 2.52. The Morgan fingerprint density at radius 1 is 1.13 bits per heavy atom. The maximum atomic E-state index is 15.1. The number of aromatic nitrogens is 2. The monoisotopic (exact) mass is 766 g/mol. The molecule has 3 heterocycles. The van der Waals surface area contributed by atoms with Crippen LogP contribution < -0.4 is 19.5 Å². The molecule has 2 saturated carbocycles. The number of hydrogen-bond acceptors (Lipinski definition) is 10. The maximum Gasteiger partial charge on any atom is 0.328 e. The molecule has 0 bridgehead atoms. The molecule has 3 fully saturated rings. The van der Waals surface area contributed by atoms with Crippen LogP contribution in [0.15, 0.2) is 49.2 Å². The van der Waals surface area contributed by atoms with Crippen molar-refractivity contribution < 1.29 is 32.3 Å². The molecule has 1 unspecified atom stereocenters. The Morgan fingerprint density at radius 2 is 1.81 bits per heavy atom. The Morgan fingerprint density at radius 3 is 2.40 bits per heavy atom. The van der Waals surface area contributed by atoms with Gasteiger partial charge in [0.1, 0.15) is 23.4 Å². The number of pyridine rings is 2. The van der Waals surface area contributed by atoms with Gasteiger partial charge in [0.2, 0.25) is 15.9 Å². The first-order valence-corrected chi connectivity index (χ1v) is 19.7. The third kappa shape index (κ3) is 7.53. The van der Waals surface area contributed by atoms with Gasteiger partial charge in [-0.3, -0.25) is 19.3 Å². The van der Waals surface area contributed by atoms with Crippen LogP contribution in [0, 0.1) is 25.2 Å². The number of anilines is 1. The fourth-order valence-corrected chi connectivity index (χ4v) is 8.75. The zero-order valence-electron chi connectivity index (χ0n) is 31.1. The second-order valence-electron chi connectivity index (χ2n) is 15.5. The van der Waals surface area contributed by atoms with E-state index in [4.69, 9.17) is 21.1 Å². The zero-order chi connectivity index (χ0) is 38.6. The van der Waals surface area contributed by atoms with E-state index in [0.717, 1.165) is 21.7 Å². The van der Waals surface area contributed by atoms with Gasteiger partial charge in [0.15, 0.2) is 0 Å². The number of hydrogen-bond donors (Lipinski definition) is 2. The number of methoxy groups -OCH3 is 1. The smallest absolute Gasteiger partial charge is 0.328 e. The number of amides is 4. The summed E-state index contributed by atoms with van der Waals surface area (Å²) in [5, 5.41) is 4.49. The number of sulfonamides is 1. The third-order valence-electron chi connectivity index (χ3n) is 10.2. The van der Waals surface area contributed by atoms with Crippen molar-refractivity contribution >= 4 is 55.9 Å². The van der Waals surface area contributed by atoms with Crippen LogP contribution in [0.25, 0.3) is 10.8 Å². The fourth-order valence-electron chi connectivity index (χ4n) is 7.22. The highest BCUT2D eigenvalue weighted by molar-refractivity contribution is 7.91. The van der Waals surface area contributed by atoms with Gasteiger partial charge in [0.25, 0.3) is 11.8 Å². The van der Waals surface area contributed by atoms with Crippen molar-refractivity contribution in [2.75, 3.05) is 19.0 Å². The van der Waals surface area contributed by atoms with Crippen molar-refractivity contribution in [1.82, 2.24) is 24.5 Å². The molecule has 3 aromatic rings. The first-order chi connectivity index (χ1) is 24.9. The zero-order valence-corrected chi connectivity index (χ0v) is 32.7. The number of carbonyl (C=O) groups is 3. The molecule has 0 spiro atoms. The molecule has 4 amide bonds. The topological polar surface area (TPSA) is 160 Å². The lowest BCUT2D eigenvalue weighted by Gasteiger charge is -2.40. The number of likely N-dealkylation sites (tertiary alicyclic amines) is 1. The van der Waals surface area contributed by atoms with Crippen LogP contribution >= 0.6 is 11.6 Å². The molecule has 1 aromatic carbocycles. The van der Waals surface area contributed by atoms with E-state index in [9.17, 15) is 13.2 Å². The normalized spacial score (nSPS) is 23.2. The van der Waals surface area contributed by atoms with E-state index in [1.54, 1.807) is 37.6 Å². The summed E-state index contributed by atoms with van der Waals surface area (Å²) >= 11 is 6.34. The Balaban J connectivity index is 1.37. The predicted octanol–water partition coefficient (Wildman–Crippen LogP) is 5.78. The first kappa shape index (κ1) is 38.3. The predicted molar refractivity (Wildman–Crippen MR) is 202 cm³/mol. The SMILES string of the molecule is C=C[C@@H]1C[C@@]1(C(=O)NS(=O)(=O)C1CC1)N(C(=O)[C@H](Nc1cc(C)nc(C)c1)C(C)(C)C)C(=O)N1C[C@H](Oc2ncc(OC)c3ccc(Cl)cc23)CC1C. The first-order valence-electron chi connectivity index (χ1n) is 17.7. The van der Waals surface area contributed by atoms with Crippen molar-refractivity contribution in [2.24, 2.45) is 11.3 Å². The number of rotatable bonds is 11. The lowest BCUT2D eigenvalue weighted by molar-refractivity contribution is -0.141. The largest absolute Gasteiger partial charge is 0.494 e. The van der Waals surface area contributed by atoms with E-state index in [-0.39, 0.29) is 13.0 Å². The number of carbonyl (C=O) groups excluding carboxylic acids is 3. The molecule has 1 saturated heterocycles. The molecule has 15 heteroatoms. The Kier molecular flexibility index (Phi) is 10.2. The highest BCUT2D eigenvalue weighted by atomic mass is 35.5. The van der Waals surface area contributed by atoms with E-state index in [0.29, 0.717) is 47.0 Å². The Labute approximate surface area is 315 Å². The second kappa shape index (κ2) is 14.1. The molecule has 2 aliphatic carbocycles. The fraction of sp³-hybridized carbons (Fsp3) is 0.500. The van der Waals surface area contributed by atoms with Gasteiger partial charge in [0, 0.05) is 51.3 Å². The van der Waals surface area contributed by atoms with Gasteiger partial charge in [-0.05, 0) is 75.8 Å². The lowest BCUT2D eigenvalue weighted by Crippen LogP contribution is -2.64. The van der Waals surface area contributed by atoms with Crippen molar-refractivity contribution in [3.05, 3.63) is 65.6 Å². The number of imide groups is 1. The summed E-state index contributed by atoms with van der Waals surface area (Å²) in [7, 11) is -2.47. The van der Waals surface area contributed by atoms with Crippen LogP contribution in [0.4, 0.5) is 10.5 Å². The summed E-state index contributed by atoms with van der Waals surface area (Å²) in [6, 6.07) is 6.71. The Bertz CT molecular complexity index is 2060. The summed E-state index contributed by atoms with van der Waals surface area (Å²) in [4.78, 5) is 55.8. The highest BCUT2D eigenvalue weighted by Gasteiger charge is 2.68. The second-order valence-corrected chi connectivity index (χ2v) is 17.9. The summed E-state index contributed by atoms with van der Waals surface area (Å²) in [5.41, 5.74) is -0.524. The molecule has 284 valence electrons. The van der Waals surface area contributed by atoms with E-state index in [2.05, 4.69) is 26.6 Å². The summed E-state index contributed by atoms with van der Waals surface area (Å²) in [6.07, 6.45) is 3.79.